The van der Waals surface area contributed by atoms with Gasteiger partial charge in [0, 0.05) is 5.56 Å². The van der Waals surface area contributed by atoms with Gasteiger partial charge in [0.2, 0.25) is 0 Å². The second-order valence-corrected chi connectivity index (χ2v) is 7.24. The summed E-state index contributed by atoms with van der Waals surface area (Å²) in [6, 6.07) is 7.44. The Hall–Kier alpha value is -2.90. The van der Waals surface area contributed by atoms with E-state index < -0.39 is 58.4 Å². The number of halogens is 8. The number of benzene rings is 3. The van der Waals surface area contributed by atoms with Crippen molar-refractivity contribution in [3.8, 4) is 11.1 Å². The lowest BCUT2D eigenvalue weighted by atomic mass is 9.97. The molecule has 0 amide bonds. The molecule has 3 aromatic rings. The summed E-state index contributed by atoms with van der Waals surface area (Å²) in [5, 5.41) is 0. The highest BCUT2D eigenvalue weighted by Crippen LogP contribution is 2.32. The molecule has 0 N–H and O–H groups in total. The summed E-state index contributed by atoms with van der Waals surface area (Å²) in [5.41, 5.74) is -1.28. The maximum atomic E-state index is 14.6. The van der Waals surface area contributed by atoms with Crippen LogP contribution >= 0.6 is 0 Å². The minimum absolute atomic E-state index is 0.0986. The first kappa shape index (κ1) is 22.8. The Balaban J connectivity index is 1.88. The Labute approximate surface area is 173 Å². The van der Waals surface area contributed by atoms with Gasteiger partial charge >= 0.3 is 6.18 Å². The van der Waals surface area contributed by atoms with Crippen LogP contribution in [-0.4, -0.2) is 6.18 Å². The van der Waals surface area contributed by atoms with Gasteiger partial charge in [-0.3, -0.25) is 0 Å². The van der Waals surface area contributed by atoms with Gasteiger partial charge in [-0.2, -0.15) is 13.2 Å². The average molecular weight is 444 g/mol. The smallest absolute Gasteiger partial charge is 0.207 e. The van der Waals surface area contributed by atoms with Crippen molar-refractivity contribution in [2.45, 2.75) is 32.4 Å². The van der Waals surface area contributed by atoms with E-state index in [0.717, 1.165) is 17.7 Å². The van der Waals surface area contributed by atoms with Crippen molar-refractivity contribution in [3.05, 3.63) is 93.8 Å². The third-order valence-electron chi connectivity index (χ3n) is 4.80. The third-order valence-corrected chi connectivity index (χ3v) is 4.80. The van der Waals surface area contributed by atoms with Crippen LogP contribution in [-0.2, 0) is 19.3 Å². The monoisotopic (exact) mass is 444 g/mol. The summed E-state index contributed by atoms with van der Waals surface area (Å²) in [7, 11) is 0. The van der Waals surface area contributed by atoms with Crippen LogP contribution in [0, 0.1) is 36.0 Å². The second kappa shape index (κ2) is 8.69. The van der Waals surface area contributed by atoms with Gasteiger partial charge in [0.1, 0.15) is 29.1 Å². The Kier molecular flexibility index (Phi) is 6.38. The Morgan fingerprint density at radius 3 is 1.77 bits per heavy atom. The highest BCUT2D eigenvalue weighted by molar-refractivity contribution is 5.66. The first-order chi connectivity index (χ1) is 14.4. The maximum Gasteiger partial charge on any atom is 0.393 e. The molecular weight excluding hydrogens is 428 g/mol. The Morgan fingerprint density at radius 1 is 0.677 bits per heavy atom. The van der Waals surface area contributed by atoms with Crippen molar-refractivity contribution in [3.63, 3.8) is 0 Å². The molecule has 0 unspecified atom stereocenters. The molecule has 0 aliphatic heterocycles. The molecule has 8 heteroatoms. The Morgan fingerprint density at radius 2 is 1.26 bits per heavy atom. The van der Waals surface area contributed by atoms with E-state index in [0.29, 0.717) is 17.7 Å². The van der Waals surface area contributed by atoms with Crippen LogP contribution in [0.3, 0.4) is 0 Å². The summed E-state index contributed by atoms with van der Waals surface area (Å²) < 4.78 is 108. The molecule has 3 aromatic carbocycles. The van der Waals surface area contributed by atoms with Crippen molar-refractivity contribution in [2.75, 3.05) is 0 Å². The van der Waals surface area contributed by atoms with Crippen LogP contribution in [0.25, 0.3) is 11.1 Å². The van der Waals surface area contributed by atoms with Gasteiger partial charge in [-0.1, -0.05) is 12.1 Å². The fraction of sp³-hybridized carbons (Fsp3) is 0.217. The largest absolute Gasteiger partial charge is 0.393 e. The minimum Gasteiger partial charge on any atom is -0.207 e. The molecule has 0 radical (unpaired) electrons. The SMILES string of the molecule is Cc1ccc(CCc2cc(F)c(-c3cc(F)c(CC(F)(F)F)c(F)c3)c(F)c2)c(F)c1. The predicted octanol–water partition coefficient (Wildman–Crippen LogP) is 7.25. The first-order valence-electron chi connectivity index (χ1n) is 9.22. The van der Waals surface area contributed by atoms with Crippen LogP contribution in [0.2, 0.25) is 0 Å². The third kappa shape index (κ3) is 5.42. The average Bonchev–Trinajstić information content (AvgIpc) is 2.63. The molecule has 0 heterocycles. The fourth-order valence-corrected chi connectivity index (χ4v) is 3.30. The predicted molar refractivity (Wildman–Crippen MR) is 100 cm³/mol. The van der Waals surface area contributed by atoms with Crippen molar-refractivity contribution in [2.24, 2.45) is 0 Å². The summed E-state index contributed by atoms with van der Waals surface area (Å²) >= 11 is 0. The molecule has 0 saturated carbocycles. The molecule has 164 valence electrons. The normalized spacial score (nSPS) is 11.8. The molecule has 0 aliphatic rings. The summed E-state index contributed by atoms with van der Waals surface area (Å²) in [5.74, 6) is -5.82. The van der Waals surface area contributed by atoms with E-state index in [-0.39, 0.29) is 18.4 Å². The first-order valence-corrected chi connectivity index (χ1v) is 9.22. The molecule has 0 aliphatic carbocycles. The van der Waals surface area contributed by atoms with Crippen LogP contribution in [0.15, 0.2) is 42.5 Å². The van der Waals surface area contributed by atoms with Crippen LogP contribution in [0.1, 0.15) is 22.3 Å². The zero-order valence-electron chi connectivity index (χ0n) is 16.2. The van der Waals surface area contributed by atoms with Gasteiger partial charge in [-0.05, 0) is 72.4 Å². The molecule has 0 nitrogen and oxygen atoms in total. The van der Waals surface area contributed by atoms with Gasteiger partial charge in [-0.25, -0.2) is 22.0 Å². The van der Waals surface area contributed by atoms with Gasteiger partial charge in [-0.15, -0.1) is 0 Å². The van der Waals surface area contributed by atoms with E-state index >= 15 is 0 Å². The molecule has 31 heavy (non-hydrogen) atoms. The molecule has 0 atom stereocenters. The molecule has 3 rings (SSSR count). The minimum atomic E-state index is -4.85. The van der Waals surface area contributed by atoms with Crippen molar-refractivity contribution in [1.82, 2.24) is 0 Å². The standard InChI is InChI=1S/C23H16F8/c1-12-2-4-14(17(24)6-12)5-3-13-7-20(27)22(21(28)8-13)15-9-18(25)16(19(26)10-15)11-23(29,30)31/h2,4,6-10H,3,5,11H2,1H3. The van der Waals surface area contributed by atoms with E-state index in [1.54, 1.807) is 19.1 Å². The van der Waals surface area contributed by atoms with Crippen LogP contribution in [0.5, 0.6) is 0 Å². The number of hydrogen-bond donors (Lipinski definition) is 0. The summed E-state index contributed by atoms with van der Waals surface area (Å²) in [6.07, 6.45) is -6.43. The summed E-state index contributed by atoms with van der Waals surface area (Å²) in [6.45, 7) is 1.72. The fourth-order valence-electron chi connectivity index (χ4n) is 3.30. The van der Waals surface area contributed by atoms with E-state index in [1.165, 1.54) is 6.07 Å². The van der Waals surface area contributed by atoms with Crippen LogP contribution < -0.4 is 0 Å². The topological polar surface area (TPSA) is 0 Å². The van der Waals surface area contributed by atoms with E-state index in [1.807, 2.05) is 0 Å². The van der Waals surface area contributed by atoms with Crippen molar-refractivity contribution >= 4 is 0 Å². The molecule has 0 fully saturated rings. The van der Waals surface area contributed by atoms with Crippen molar-refractivity contribution < 1.29 is 35.1 Å². The summed E-state index contributed by atoms with van der Waals surface area (Å²) in [4.78, 5) is 0. The van der Waals surface area contributed by atoms with E-state index in [9.17, 15) is 35.1 Å². The molecule has 0 aromatic heterocycles. The zero-order chi connectivity index (χ0) is 22.9. The van der Waals surface area contributed by atoms with E-state index in [2.05, 4.69) is 0 Å². The highest BCUT2D eigenvalue weighted by Gasteiger charge is 2.31. The number of hydrogen-bond acceptors (Lipinski definition) is 0. The Bertz CT molecular complexity index is 1070. The van der Waals surface area contributed by atoms with Crippen LogP contribution in [0.4, 0.5) is 35.1 Å². The van der Waals surface area contributed by atoms with Gasteiger partial charge in [0.05, 0.1) is 12.0 Å². The highest BCUT2D eigenvalue weighted by atomic mass is 19.4. The van der Waals surface area contributed by atoms with Crippen molar-refractivity contribution in [1.29, 1.82) is 0 Å². The molecular formula is C23H16F8. The quantitative estimate of drug-likeness (QED) is 0.364. The second-order valence-electron chi connectivity index (χ2n) is 7.24. The lowest BCUT2D eigenvalue weighted by Crippen LogP contribution is -2.14. The van der Waals surface area contributed by atoms with E-state index in [4.69, 9.17) is 0 Å². The number of rotatable bonds is 5. The molecule has 0 saturated heterocycles. The maximum absolute atomic E-state index is 14.6. The number of aryl methyl sites for hydroxylation is 3. The molecule has 0 spiro atoms. The molecule has 0 bridgehead atoms. The van der Waals surface area contributed by atoms with Gasteiger partial charge in [0.15, 0.2) is 0 Å². The number of alkyl halides is 3. The lowest BCUT2D eigenvalue weighted by molar-refractivity contribution is -0.128. The van der Waals surface area contributed by atoms with Gasteiger partial charge < -0.3 is 0 Å². The zero-order valence-corrected chi connectivity index (χ0v) is 16.2. The van der Waals surface area contributed by atoms with Gasteiger partial charge in [0.25, 0.3) is 0 Å². The lowest BCUT2D eigenvalue weighted by Gasteiger charge is -2.13.